The van der Waals surface area contributed by atoms with Crippen LogP contribution < -0.4 is 0 Å². The molecule has 1 aromatic carbocycles. The zero-order valence-corrected chi connectivity index (χ0v) is 13.3. The predicted octanol–water partition coefficient (Wildman–Crippen LogP) is 4.34. The average Bonchev–Trinajstić information content (AvgIpc) is 2.78. The standard InChI is InChI=1S/C15H18FNO3S/c1-15(2,3)20-14(18)17(4)19-8-10-9-21-13-11(10)6-5-7-12(13)16/h5-7,9H,8H2,1-4H3. The molecule has 0 spiro atoms. The first-order valence-electron chi connectivity index (χ1n) is 6.52. The van der Waals surface area contributed by atoms with E-state index in [0.29, 0.717) is 4.70 Å². The molecule has 0 N–H and O–H groups in total. The summed E-state index contributed by atoms with van der Waals surface area (Å²) >= 11 is 1.32. The summed E-state index contributed by atoms with van der Waals surface area (Å²) in [5.41, 5.74) is 0.261. The van der Waals surface area contributed by atoms with Crippen molar-refractivity contribution in [2.45, 2.75) is 33.0 Å². The molecule has 0 fully saturated rings. The van der Waals surface area contributed by atoms with E-state index in [9.17, 15) is 9.18 Å². The molecule has 0 aliphatic heterocycles. The number of benzene rings is 1. The van der Waals surface area contributed by atoms with Gasteiger partial charge in [-0.05, 0) is 37.8 Å². The van der Waals surface area contributed by atoms with Gasteiger partial charge in [-0.3, -0.25) is 4.84 Å². The van der Waals surface area contributed by atoms with Crippen molar-refractivity contribution >= 4 is 27.5 Å². The minimum absolute atomic E-state index is 0.180. The van der Waals surface area contributed by atoms with E-state index in [1.54, 1.807) is 26.8 Å². The van der Waals surface area contributed by atoms with Crippen LogP contribution in [0.1, 0.15) is 26.3 Å². The molecule has 0 radical (unpaired) electrons. The highest BCUT2D eigenvalue weighted by molar-refractivity contribution is 7.17. The predicted molar refractivity (Wildman–Crippen MR) is 80.6 cm³/mol. The fourth-order valence-electron chi connectivity index (χ4n) is 1.73. The molecular weight excluding hydrogens is 293 g/mol. The van der Waals surface area contributed by atoms with Gasteiger partial charge in [0.15, 0.2) is 0 Å². The van der Waals surface area contributed by atoms with Gasteiger partial charge in [0, 0.05) is 12.4 Å². The maximum absolute atomic E-state index is 13.6. The van der Waals surface area contributed by atoms with E-state index in [1.807, 2.05) is 11.4 Å². The number of hydroxylamine groups is 2. The highest BCUT2D eigenvalue weighted by Crippen LogP contribution is 2.28. The number of carbonyl (C=O) groups is 1. The molecule has 0 aliphatic rings. The van der Waals surface area contributed by atoms with Gasteiger partial charge < -0.3 is 4.74 Å². The summed E-state index contributed by atoms with van der Waals surface area (Å²) in [6.07, 6.45) is -0.562. The SMILES string of the molecule is CN(OCc1csc2c(F)cccc12)C(=O)OC(C)(C)C. The van der Waals surface area contributed by atoms with Crippen LogP contribution in [0, 0.1) is 5.82 Å². The molecule has 2 aromatic rings. The first-order chi connectivity index (χ1) is 9.78. The highest BCUT2D eigenvalue weighted by atomic mass is 32.1. The Morgan fingerprint density at radius 1 is 1.38 bits per heavy atom. The van der Waals surface area contributed by atoms with E-state index in [1.165, 1.54) is 24.5 Å². The number of rotatable bonds is 3. The zero-order chi connectivity index (χ0) is 15.6. The number of hydrogen-bond donors (Lipinski definition) is 0. The van der Waals surface area contributed by atoms with Crippen molar-refractivity contribution in [3.63, 3.8) is 0 Å². The average molecular weight is 311 g/mol. The highest BCUT2D eigenvalue weighted by Gasteiger charge is 2.20. The monoisotopic (exact) mass is 311 g/mol. The largest absolute Gasteiger partial charge is 0.442 e. The Morgan fingerprint density at radius 2 is 2.10 bits per heavy atom. The molecular formula is C15H18FNO3S. The van der Waals surface area contributed by atoms with Gasteiger partial charge in [0.05, 0.1) is 4.70 Å². The summed E-state index contributed by atoms with van der Waals surface area (Å²) in [6, 6.07) is 4.92. The zero-order valence-electron chi connectivity index (χ0n) is 12.5. The summed E-state index contributed by atoms with van der Waals surface area (Å²) in [7, 11) is 1.49. The van der Waals surface area contributed by atoms with Crippen LogP contribution in [-0.4, -0.2) is 23.8 Å². The van der Waals surface area contributed by atoms with Crippen LogP contribution in [0.2, 0.25) is 0 Å². The number of nitrogens with zero attached hydrogens (tertiary/aromatic N) is 1. The van der Waals surface area contributed by atoms with Crippen molar-refractivity contribution in [1.82, 2.24) is 5.06 Å². The first-order valence-corrected chi connectivity index (χ1v) is 7.40. The second kappa shape index (κ2) is 5.99. The molecule has 0 bridgehead atoms. The molecule has 0 aliphatic carbocycles. The van der Waals surface area contributed by atoms with E-state index in [4.69, 9.17) is 9.57 Å². The number of ether oxygens (including phenoxy) is 1. The van der Waals surface area contributed by atoms with E-state index in [2.05, 4.69) is 0 Å². The number of amides is 1. The third-order valence-electron chi connectivity index (χ3n) is 2.70. The van der Waals surface area contributed by atoms with Crippen LogP contribution in [0.3, 0.4) is 0 Å². The molecule has 114 valence electrons. The summed E-state index contributed by atoms with van der Waals surface area (Å²) < 4.78 is 19.4. The van der Waals surface area contributed by atoms with E-state index < -0.39 is 11.7 Å². The van der Waals surface area contributed by atoms with E-state index in [0.717, 1.165) is 16.0 Å². The second-order valence-electron chi connectivity index (χ2n) is 5.63. The minimum Gasteiger partial charge on any atom is -0.442 e. The maximum Gasteiger partial charge on any atom is 0.434 e. The summed E-state index contributed by atoms with van der Waals surface area (Å²) in [5, 5.41) is 3.68. The van der Waals surface area contributed by atoms with Crippen molar-refractivity contribution in [1.29, 1.82) is 0 Å². The molecule has 21 heavy (non-hydrogen) atoms. The van der Waals surface area contributed by atoms with E-state index in [-0.39, 0.29) is 12.4 Å². The van der Waals surface area contributed by atoms with Crippen LogP contribution in [0.4, 0.5) is 9.18 Å². The van der Waals surface area contributed by atoms with Crippen LogP contribution >= 0.6 is 11.3 Å². The van der Waals surface area contributed by atoms with E-state index >= 15 is 0 Å². The molecule has 4 nitrogen and oxygen atoms in total. The quantitative estimate of drug-likeness (QED) is 0.792. The van der Waals surface area contributed by atoms with Gasteiger partial charge in [0.25, 0.3) is 0 Å². The van der Waals surface area contributed by atoms with Crippen molar-refractivity contribution in [2.24, 2.45) is 0 Å². The molecule has 1 aromatic heterocycles. The van der Waals surface area contributed by atoms with Crippen LogP contribution in [-0.2, 0) is 16.2 Å². The molecule has 0 unspecified atom stereocenters. The lowest BCUT2D eigenvalue weighted by Crippen LogP contribution is -2.34. The van der Waals surface area contributed by atoms with Gasteiger partial charge in [-0.15, -0.1) is 11.3 Å². The Bertz CT molecular complexity index is 648. The lowest BCUT2D eigenvalue weighted by Gasteiger charge is -2.23. The number of thiophene rings is 1. The second-order valence-corrected chi connectivity index (χ2v) is 6.51. The number of hydrogen-bond acceptors (Lipinski definition) is 4. The van der Waals surface area contributed by atoms with Crippen LogP contribution in [0.15, 0.2) is 23.6 Å². The number of fused-ring (bicyclic) bond motifs is 1. The third kappa shape index (κ3) is 3.92. The van der Waals surface area contributed by atoms with Crippen molar-refractivity contribution in [3.05, 3.63) is 35.0 Å². The molecule has 0 atom stereocenters. The molecule has 1 heterocycles. The van der Waals surface area contributed by atoms with Crippen molar-refractivity contribution < 1.29 is 18.8 Å². The summed E-state index contributed by atoms with van der Waals surface area (Å²) in [6.45, 7) is 5.54. The van der Waals surface area contributed by atoms with Crippen molar-refractivity contribution in [3.8, 4) is 0 Å². The Morgan fingerprint density at radius 3 is 2.76 bits per heavy atom. The lowest BCUT2D eigenvalue weighted by atomic mass is 10.2. The lowest BCUT2D eigenvalue weighted by molar-refractivity contribution is -0.139. The minimum atomic E-state index is -0.576. The fourth-order valence-corrected chi connectivity index (χ4v) is 2.69. The Labute approximate surface area is 127 Å². The maximum atomic E-state index is 13.6. The topological polar surface area (TPSA) is 38.8 Å². The van der Waals surface area contributed by atoms with Crippen LogP contribution in [0.5, 0.6) is 0 Å². The van der Waals surface area contributed by atoms with Gasteiger partial charge in [0.2, 0.25) is 0 Å². The molecule has 2 rings (SSSR count). The third-order valence-corrected chi connectivity index (χ3v) is 3.75. The Hall–Kier alpha value is -1.66. The van der Waals surface area contributed by atoms with Gasteiger partial charge >= 0.3 is 6.09 Å². The summed E-state index contributed by atoms with van der Waals surface area (Å²) in [5.74, 6) is -0.246. The number of halogens is 1. The first kappa shape index (κ1) is 15.7. The smallest absolute Gasteiger partial charge is 0.434 e. The Balaban J connectivity index is 2.02. The van der Waals surface area contributed by atoms with Gasteiger partial charge in [-0.1, -0.05) is 12.1 Å². The van der Waals surface area contributed by atoms with Gasteiger partial charge in [-0.2, -0.15) is 5.06 Å². The van der Waals surface area contributed by atoms with Crippen LogP contribution in [0.25, 0.3) is 10.1 Å². The number of carbonyl (C=O) groups excluding carboxylic acids is 1. The molecule has 1 amide bonds. The van der Waals surface area contributed by atoms with Crippen molar-refractivity contribution in [2.75, 3.05) is 7.05 Å². The Kier molecular flexibility index (Phi) is 4.49. The normalized spacial score (nSPS) is 11.7. The molecule has 0 saturated carbocycles. The van der Waals surface area contributed by atoms with Gasteiger partial charge in [-0.25, -0.2) is 9.18 Å². The summed E-state index contributed by atoms with van der Waals surface area (Å²) in [4.78, 5) is 17.1. The molecule has 0 saturated heterocycles. The fraction of sp³-hybridized carbons (Fsp3) is 0.400. The van der Waals surface area contributed by atoms with Gasteiger partial charge in [0.1, 0.15) is 18.0 Å². The molecule has 6 heteroatoms.